The Balaban J connectivity index is 1.26. The van der Waals surface area contributed by atoms with E-state index < -0.39 is 0 Å². The van der Waals surface area contributed by atoms with Gasteiger partial charge in [0.25, 0.3) is 0 Å². The summed E-state index contributed by atoms with van der Waals surface area (Å²) >= 11 is 5.36. The Labute approximate surface area is 192 Å². The van der Waals surface area contributed by atoms with Crippen molar-refractivity contribution in [1.29, 1.82) is 0 Å². The maximum Gasteiger partial charge on any atom is 0.238 e. The van der Waals surface area contributed by atoms with Crippen molar-refractivity contribution in [3.05, 3.63) is 78.0 Å². The Morgan fingerprint density at radius 3 is 2.56 bits per heavy atom. The zero-order valence-electron chi connectivity index (χ0n) is 17.9. The fourth-order valence-electron chi connectivity index (χ4n) is 3.20. The fraction of sp³-hybridized carbons (Fsp3) is 0.167. The lowest BCUT2D eigenvalue weighted by molar-refractivity contribution is 0.455. The van der Waals surface area contributed by atoms with Crippen molar-refractivity contribution in [2.75, 3.05) is 23.7 Å². The number of fused-ring (bicyclic) bond motifs is 1. The molecule has 0 unspecified atom stereocenters. The molecule has 0 aliphatic rings. The summed E-state index contributed by atoms with van der Waals surface area (Å²) in [6, 6.07) is 21.3. The lowest BCUT2D eigenvalue weighted by atomic mass is 10.1. The van der Waals surface area contributed by atoms with Crippen LogP contribution >= 0.6 is 12.2 Å². The normalized spacial score (nSPS) is 10.6. The van der Waals surface area contributed by atoms with E-state index in [4.69, 9.17) is 17.0 Å². The fourth-order valence-corrected chi connectivity index (χ4v) is 3.41. The largest absolute Gasteiger partial charge is 0.438 e. The highest BCUT2D eigenvalue weighted by atomic mass is 32.1. The van der Waals surface area contributed by atoms with Gasteiger partial charge in [0, 0.05) is 35.9 Å². The molecule has 0 amide bonds. The van der Waals surface area contributed by atoms with Crippen LogP contribution in [0.15, 0.2) is 66.7 Å². The lowest BCUT2D eigenvalue weighted by Crippen LogP contribution is -2.32. The monoisotopic (exact) mass is 444 g/mol. The third kappa shape index (κ3) is 5.67. The molecule has 2 heterocycles. The molecule has 0 bridgehead atoms. The Bertz CT molecular complexity index is 1210. The van der Waals surface area contributed by atoms with Crippen LogP contribution in [0.25, 0.3) is 10.9 Å². The molecule has 0 saturated heterocycles. The number of rotatable bonds is 7. The van der Waals surface area contributed by atoms with E-state index in [1.54, 1.807) is 12.1 Å². The van der Waals surface area contributed by atoms with Crippen LogP contribution in [-0.4, -0.2) is 33.4 Å². The number of aromatic nitrogens is 3. The molecule has 0 radical (unpaired) electrons. The SMILES string of the molecule is Cc1ccc2nc(C)cc(NCCNC(=S)Nc3ccc(Oc4ccccc4)nn3)c2c1. The van der Waals surface area contributed by atoms with Crippen molar-refractivity contribution in [3.63, 3.8) is 0 Å². The Morgan fingerprint density at radius 2 is 1.78 bits per heavy atom. The number of para-hydroxylation sites is 1. The number of hydrogen-bond acceptors (Lipinski definition) is 6. The van der Waals surface area contributed by atoms with Gasteiger partial charge >= 0.3 is 0 Å². The van der Waals surface area contributed by atoms with Crippen molar-refractivity contribution in [3.8, 4) is 11.6 Å². The van der Waals surface area contributed by atoms with E-state index in [9.17, 15) is 0 Å². The van der Waals surface area contributed by atoms with Gasteiger partial charge in [-0.25, -0.2) is 0 Å². The first-order valence-corrected chi connectivity index (χ1v) is 10.7. The van der Waals surface area contributed by atoms with Gasteiger partial charge in [0.2, 0.25) is 5.88 Å². The third-order valence-electron chi connectivity index (χ3n) is 4.67. The summed E-state index contributed by atoms with van der Waals surface area (Å²) < 4.78 is 5.64. The second-order valence-corrected chi connectivity index (χ2v) is 7.72. The minimum absolute atomic E-state index is 0.417. The van der Waals surface area contributed by atoms with Gasteiger partial charge in [-0.1, -0.05) is 29.8 Å². The highest BCUT2D eigenvalue weighted by molar-refractivity contribution is 7.80. The van der Waals surface area contributed by atoms with E-state index in [0.29, 0.717) is 35.6 Å². The van der Waals surface area contributed by atoms with Gasteiger partial charge in [-0.05, 0) is 62.5 Å². The molecule has 8 heteroatoms. The number of ether oxygens (including phenoxy) is 1. The topological polar surface area (TPSA) is 84.0 Å². The number of hydrogen-bond donors (Lipinski definition) is 3. The van der Waals surface area contributed by atoms with Crippen LogP contribution in [-0.2, 0) is 0 Å². The standard InChI is InChI=1S/C24H24N6OS/c1-16-8-9-20-19(14-16)21(15-17(2)27-20)25-12-13-26-24(32)28-22-10-11-23(30-29-22)31-18-6-4-3-5-7-18/h3-11,14-15H,12-13H2,1-2H3,(H,25,27)(H2,26,28,29,32). The molecule has 0 saturated carbocycles. The van der Waals surface area contributed by atoms with E-state index in [-0.39, 0.29) is 0 Å². The number of thiocarbonyl (C=S) groups is 1. The molecule has 4 aromatic rings. The number of pyridine rings is 1. The zero-order valence-corrected chi connectivity index (χ0v) is 18.7. The second kappa shape index (κ2) is 10.0. The lowest BCUT2D eigenvalue weighted by Gasteiger charge is -2.13. The van der Waals surface area contributed by atoms with Crippen molar-refractivity contribution >= 4 is 39.7 Å². The van der Waals surface area contributed by atoms with Crippen LogP contribution in [0, 0.1) is 13.8 Å². The van der Waals surface area contributed by atoms with Gasteiger partial charge in [-0.15, -0.1) is 10.2 Å². The summed E-state index contributed by atoms with van der Waals surface area (Å²) in [4.78, 5) is 4.60. The molecule has 0 atom stereocenters. The van der Waals surface area contributed by atoms with Gasteiger partial charge < -0.3 is 20.7 Å². The van der Waals surface area contributed by atoms with E-state index in [2.05, 4.69) is 62.3 Å². The molecule has 0 aliphatic carbocycles. The first-order chi connectivity index (χ1) is 15.6. The molecule has 162 valence electrons. The molecule has 7 nitrogen and oxygen atoms in total. The number of anilines is 2. The summed E-state index contributed by atoms with van der Waals surface area (Å²) in [5.41, 5.74) is 4.24. The van der Waals surface area contributed by atoms with E-state index in [0.717, 1.165) is 22.3 Å². The van der Waals surface area contributed by atoms with Crippen LogP contribution in [0.1, 0.15) is 11.3 Å². The summed E-state index contributed by atoms with van der Waals surface area (Å²) in [6.07, 6.45) is 0. The molecule has 0 fully saturated rings. The summed E-state index contributed by atoms with van der Waals surface area (Å²) in [7, 11) is 0. The van der Waals surface area contributed by atoms with Crippen molar-refractivity contribution in [1.82, 2.24) is 20.5 Å². The zero-order chi connectivity index (χ0) is 22.3. The maximum atomic E-state index is 5.64. The first kappa shape index (κ1) is 21.5. The van der Waals surface area contributed by atoms with E-state index in [1.807, 2.05) is 37.3 Å². The molecular weight excluding hydrogens is 420 g/mol. The molecule has 3 N–H and O–H groups in total. The van der Waals surface area contributed by atoms with Crippen molar-refractivity contribution in [2.45, 2.75) is 13.8 Å². The number of nitrogens with zero attached hydrogens (tertiary/aromatic N) is 3. The Kier molecular flexibility index (Phi) is 6.72. The average molecular weight is 445 g/mol. The quantitative estimate of drug-likeness (QED) is 0.276. The Morgan fingerprint density at radius 1 is 0.938 bits per heavy atom. The molecule has 4 rings (SSSR count). The number of aryl methyl sites for hydroxylation is 2. The highest BCUT2D eigenvalue weighted by Gasteiger charge is 2.05. The maximum absolute atomic E-state index is 5.64. The predicted molar refractivity (Wildman–Crippen MR) is 132 cm³/mol. The minimum Gasteiger partial charge on any atom is -0.438 e. The third-order valence-corrected chi connectivity index (χ3v) is 4.91. The minimum atomic E-state index is 0.417. The number of benzene rings is 2. The molecule has 2 aromatic heterocycles. The molecular formula is C24H24N6OS. The van der Waals surface area contributed by atoms with Crippen LogP contribution in [0.3, 0.4) is 0 Å². The number of nitrogens with one attached hydrogen (secondary N) is 3. The molecule has 0 aliphatic heterocycles. The first-order valence-electron chi connectivity index (χ1n) is 10.3. The van der Waals surface area contributed by atoms with Gasteiger partial charge in [0.05, 0.1) is 5.52 Å². The van der Waals surface area contributed by atoms with Crippen LogP contribution < -0.4 is 20.7 Å². The van der Waals surface area contributed by atoms with Crippen molar-refractivity contribution < 1.29 is 4.74 Å². The summed E-state index contributed by atoms with van der Waals surface area (Å²) in [6.45, 7) is 5.42. The van der Waals surface area contributed by atoms with Gasteiger partial charge in [-0.3, -0.25) is 4.98 Å². The van der Waals surface area contributed by atoms with E-state index >= 15 is 0 Å². The highest BCUT2D eigenvalue weighted by Crippen LogP contribution is 2.24. The van der Waals surface area contributed by atoms with Gasteiger partial charge in [0.1, 0.15) is 5.75 Å². The van der Waals surface area contributed by atoms with Crippen LogP contribution in [0.5, 0.6) is 11.6 Å². The van der Waals surface area contributed by atoms with Crippen LogP contribution in [0.2, 0.25) is 0 Å². The summed E-state index contributed by atoms with van der Waals surface area (Å²) in [5, 5.41) is 19.4. The molecule has 2 aromatic carbocycles. The van der Waals surface area contributed by atoms with E-state index in [1.165, 1.54) is 5.56 Å². The second-order valence-electron chi connectivity index (χ2n) is 7.31. The smallest absolute Gasteiger partial charge is 0.238 e. The molecule has 0 spiro atoms. The van der Waals surface area contributed by atoms with Gasteiger partial charge in [0.15, 0.2) is 10.9 Å². The average Bonchev–Trinajstić information content (AvgIpc) is 2.79. The summed E-state index contributed by atoms with van der Waals surface area (Å²) in [5.74, 6) is 1.67. The predicted octanol–water partition coefficient (Wildman–Crippen LogP) is 4.83. The van der Waals surface area contributed by atoms with Crippen LogP contribution in [0.4, 0.5) is 11.5 Å². The molecule has 32 heavy (non-hydrogen) atoms. The Hall–Kier alpha value is -3.78. The van der Waals surface area contributed by atoms with Crippen molar-refractivity contribution in [2.24, 2.45) is 0 Å². The van der Waals surface area contributed by atoms with Gasteiger partial charge in [-0.2, -0.15) is 0 Å².